The minimum Gasteiger partial charge on any atom is -0.483 e. The van der Waals surface area contributed by atoms with Gasteiger partial charge in [0.2, 0.25) is 0 Å². The molecule has 0 saturated heterocycles. The SMILES string of the molecule is CCNC(=O)COc1ccc(C)cc1[C@@H](C)O. The second-order valence-corrected chi connectivity index (χ2v) is 3.96. The molecule has 17 heavy (non-hydrogen) atoms. The monoisotopic (exact) mass is 237 g/mol. The smallest absolute Gasteiger partial charge is 0.257 e. The van der Waals surface area contributed by atoms with Crippen molar-refractivity contribution in [2.75, 3.05) is 13.2 Å². The van der Waals surface area contributed by atoms with E-state index in [0.717, 1.165) is 5.56 Å². The molecule has 1 aromatic carbocycles. The summed E-state index contributed by atoms with van der Waals surface area (Å²) < 4.78 is 5.40. The summed E-state index contributed by atoms with van der Waals surface area (Å²) in [6, 6.07) is 5.52. The van der Waals surface area contributed by atoms with Gasteiger partial charge in [0.05, 0.1) is 6.10 Å². The fourth-order valence-electron chi connectivity index (χ4n) is 1.52. The third-order valence-electron chi connectivity index (χ3n) is 2.35. The van der Waals surface area contributed by atoms with Gasteiger partial charge in [0.25, 0.3) is 5.91 Å². The maximum atomic E-state index is 11.3. The van der Waals surface area contributed by atoms with E-state index >= 15 is 0 Å². The van der Waals surface area contributed by atoms with Crippen molar-refractivity contribution < 1.29 is 14.6 Å². The van der Waals surface area contributed by atoms with Crippen LogP contribution in [-0.2, 0) is 4.79 Å². The molecule has 0 saturated carbocycles. The van der Waals surface area contributed by atoms with E-state index in [1.54, 1.807) is 13.0 Å². The number of benzene rings is 1. The average molecular weight is 237 g/mol. The van der Waals surface area contributed by atoms with E-state index in [2.05, 4.69) is 5.32 Å². The molecular weight excluding hydrogens is 218 g/mol. The molecule has 0 radical (unpaired) electrons. The minimum absolute atomic E-state index is 0.0311. The second-order valence-electron chi connectivity index (χ2n) is 3.96. The summed E-state index contributed by atoms with van der Waals surface area (Å²) in [7, 11) is 0. The predicted molar refractivity (Wildman–Crippen MR) is 66.0 cm³/mol. The van der Waals surface area contributed by atoms with Gasteiger partial charge in [-0.25, -0.2) is 0 Å². The molecule has 0 heterocycles. The van der Waals surface area contributed by atoms with E-state index < -0.39 is 6.10 Å². The minimum atomic E-state index is -0.612. The molecule has 0 unspecified atom stereocenters. The lowest BCUT2D eigenvalue weighted by atomic mass is 10.1. The molecule has 0 aromatic heterocycles. The van der Waals surface area contributed by atoms with Crippen LogP contribution in [0, 0.1) is 6.92 Å². The van der Waals surface area contributed by atoms with Gasteiger partial charge in [0.15, 0.2) is 6.61 Å². The highest BCUT2D eigenvalue weighted by Gasteiger charge is 2.10. The van der Waals surface area contributed by atoms with Crippen molar-refractivity contribution in [3.63, 3.8) is 0 Å². The molecule has 4 nitrogen and oxygen atoms in total. The van der Waals surface area contributed by atoms with Gasteiger partial charge in [0.1, 0.15) is 5.75 Å². The van der Waals surface area contributed by atoms with E-state index in [1.165, 1.54) is 0 Å². The Labute approximate surface area is 102 Å². The zero-order valence-corrected chi connectivity index (χ0v) is 10.5. The molecule has 0 aliphatic rings. The van der Waals surface area contributed by atoms with Gasteiger partial charge in [-0.05, 0) is 32.9 Å². The van der Waals surface area contributed by atoms with Crippen molar-refractivity contribution in [1.82, 2.24) is 5.32 Å². The Morgan fingerprint density at radius 3 is 2.82 bits per heavy atom. The third-order valence-corrected chi connectivity index (χ3v) is 2.35. The van der Waals surface area contributed by atoms with Crippen molar-refractivity contribution in [2.45, 2.75) is 26.9 Å². The van der Waals surface area contributed by atoms with Crippen LogP contribution in [0.25, 0.3) is 0 Å². The number of nitrogens with one attached hydrogen (secondary N) is 1. The highest BCUT2D eigenvalue weighted by Crippen LogP contribution is 2.26. The number of likely N-dealkylation sites (N-methyl/N-ethyl adjacent to an activating group) is 1. The van der Waals surface area contributed by atoms with E-state index in [-0.39, 0.29) is 12.5 Å². The van der Waals surface area contributed by atoms with Crippen LogP contribution in [0.1, 0.15) is 31.1 Å². The Morgan fingerprint density at radius 1 is 1.53 bits per heavy atom. The van der Waals surface area contributed by atoms with E-state index in [1.807, 2.05) is 26.0 Å². The quantitative estimate of drug-likeness (QED) is 0.817. The summed E-state index contributed by atoms with van der Waals surface area (Å²) in [5, 5.41) is 12.3. The van der Waals surface area contributed by atoms with Crippen molar-refractivity contribution >= 4 is 5.91 Å². The lowest BCUT2D eigenvalue weighted by Gasteiger charge is -2.14. The first-order valence-corrected chi connectivity index (χ1v) is 5.72. The first-order valence-electron chi connectivity index (χ1n) is 5.72. The van der Waals surface area contributed by atoms with Crippen LogP contribution in [0.3, 0.4) is 0 Å². The van der Waals surface area contributed by atoms with E-state index in [0.29, 0.717) is 17.9 Å². The highest BCUT2D eigenvalue weighted by molar-refractivity contribution is 5.77. The zero-order chi connectivity index (χ0) is 12.8. The maximum absolute atomic E-state index is 11.3. The largest absolute Gasteiger partial charge is 0.483 e. The summed E-state index contributed by atoms with van der Waals surface area (Å²) >= 11 is 0. The van der Waals surface area contributed by atoms with Gasteiger partial charge >= 0.3 is 0 Å². The van der Waals surface area contributed by atoms with Gasteiger partial charge in [-0.3, -0.25) is 4.79 Å². The Bertz CT molecular complexity index is 388. The molecule has 4 heteroatoms. The molecular formula is C13H19NO3. The number of carbonyl (C=O) groups is 1. The Balaban J connectivity index is 2.73. The van der Waals surface area contributed by atoms with Gasteiger partial charge in [-0.15, -0.1) is 0 Å². The number of aliphatic hydroxyl groups excluding tert-OH is 1. The number of hydrogen-bond acceptors (Lipinski definition) is 3. The molecule has 1 amide bonds. The van der Waals surface area contributed by atoms with Gasteiger partial charge < -0.3 is 15.2 Å². The average Bonchev–Trinajstić information content (AvgIpc) is 2.27. The molecule has 1 aromatic rings. The number of ether oxygens (including phenoxy) is 1. The molecule has 0 spiro atoms. The van der Waals surface area contributed by atoms with Crippen molar-refractivity contribution in [3.8, 4) is 5.75 Å². The van der Waals surface area contributed by atoms with Crippen LogP contribution < -0.4 is 10.1 Å². The van der Waals surface area contributed by atoms with Gasteiger partial charge in [-0.2, -0.15) is 0 Å². The summed E-state index contributed by atoms with van der Waals surface area (Å²) in [5.74, 6) is 0.390. The molecule has 94 valence electrons. The molecule has 1 atom stereocenters. The van der Waals surface area contributed by atoms with Crippen LogP contribution >= 0.6 is 0 Å². The fraction of sp³-hybridized carbons (Fsp3) is 0.462. The van der Waals surface area contributed by atoms with E-state index in [4.69, 9.17) is 4.74 Å². The van der Waals surface area contributed by atoms with Crippen LogP contribution in [-0.4, -0.2) is 24.2 Å². The van der Waals surface area contributed by atoms with Gasteiger partial charge in [-0.1, -0.05) is 11.6 Å². The Hall–Kier alpha value is -1.55. The van der Waals surface area contributed by atoms with Crippen LogP contribution in [0.4, 0.5) is 0 Å². The lowest BCUT2D eigenvalue weighted by molar-refractivity contribution is -0.123. The Kier molecular flexibility index (Phi) is 4.97. The summed E-state index contributed by atoms with van der Waals surface area (Å²) in [4.78, 5) is 11.3. The highest BCUT2D eigenvalue weighted by atomic mass is 16.5. The molecule has 0 aliphatic carbocycles. The number of hydrogen-bond donors (Lipinski definition) is 2. The number of rotatable bonds is 5. The lowest BCUT2D eigenvalue weighted by Crippen LogP contribution is -2.28. The van der Waals surface area contributed by atoms with Crippen LogP contribution in [0.15, 0.2) is 18.2 Å². The number of amides is 1. The van der Waals surface area contributed by atoms with Crippen LogP contribution in [0.5, 0.6) is 5.75 Å². The molecule has 1 rings (SSSR count). The summed E-state index contributed by atoms with van der Waals surface area (Å²) in [6.07, 6.45) is -0.612. The standard InChI is InChI=1S/C13H19NO3/c1-4-14-13(16)8-17-12-6-5-9(2)7-11(12)10(3)15/h5-7,10,15H,4,8H2,1-3H3,(H,14,16)/t10-/m1/s1. The molecule has 0 aliphatic heterocycles. The Morgan fingerprint density at radius 2 is 2.24 bits per heavy atom. The molecule has 2 N–H and O–H groups in total. The normalized spacial score (nSPS) is 12.0. The maximum Gasteiger partial charge on any atom is 0.257 e. The first kappa shape index (κ1) is 13.5. The van der Waals surface area contributed by atoms with Gasteiger partial charge in [0, 0.05) is 12.1 Å². The number of aryl methyl sites for hydroxylation is 1. The summed E-state index contributed by atoms with van der Waals surface area (Å²) in [5.41, 5.74) is 1.75. The van der Waals surface area contributed by atoms with Crippen molar-refractivity contribution in [3.05, 3.63) is 29.3 Å². The molecule has 0 bridgehead atoms. The number of carbonyl (C=O) groups excluding carboxylic acids is 1. The zero-order valence-electron chi connectivity index (χ0n) is 10.5. The predicted octanol–water partition coefficient (Wildman–Crippen LogP) is 1.56. The third kappa shape index (κ3) is 4.07. The first-order chi connectivity index (χ1) is 8.04. The van der Waals surface area contributed by atoms with Crippen LogP contribution in [0.2, 0.25) is 0 Å². The topological polar surface area (TPSA) is 58.6 Å². The number of aliphatic hydroxyl groups is 1. The second kappa shape index (κ2) is 6.25. The van der Waals surface area contributed by atoms with E-state index in [9.17, 15) is 9.90 Å². The van der Waals surface area contributed by atoms with Crippen molar-refractivity contribution in [2.24, 2.45) is 0 Å². The molecule has 0 fully saturated rings. The van der Waals surface area contributed by atoms with Crippen molar-refractivity contribution in [1.29, 1.82) is 0 Å². The fourth-order valence-corrected chi connectivity index (χ4v) is 1.52. The summed E-state index contributed by atoms with van der Waals surface area (Å²) in [6.45, 7) is 6.02.